The van der Waals surface area contributed by atoms with E-state index in [1.807, 2.05) is 0 Å². The van der Waals surface area contributed by atoms with Crippen LogP contribution in [0.15, 0.2) is 42.5 Å². The highest BCUT2D eigenvalue weighted by atomic mass is 35.5. The Balaban J connectivity index is 2.28. The van der Waals surface area contributed by atoms with Crippen LogP contribution in [-0.4, -0.2) is 10.8 Å². The Hall–Kier alpha value is -2.47. The van der Waals surface area contributed by atoms with E-state index in [0.717, 1.165) is 6.07 Å². The molecule has 0 unspecified atom stereocenters. The molecule has 5 nitrogen and oxygen atoms in total. The molecule has 0 aromatic heterocycles. The van der Waals surface area contributed by atoms with Gasteiger partial charge in [-0.2, -0.15) is 0 Å². The normalized spacial score (nSPS) is 10.1. The van der Waals surface area contributed by atoms with Crippen LogP contribution in [0.1, 0.15) is 10.4 Å². The Morgan fingerprint density at radius 2 is 1.95 bits per heavy atom. The largest absolute Gasteiger partial charge is 0.322 e. The quantitative estimate of drug-likeness (QED) is 0.694. The lowest BCUT2D eigenvalue weighted by Crippen LogP contribution is -2.14. The maximum absolute atomic E-state index is 13.2. The summed E-state index contributed by atoms with van der Waals surface area (Å²) in [5.41, 5.74) is -0.262. The van der Waals surface area contributed by atoms with Crippen molar-refractivity contribution in [3.8, 4) is 0 Å². The summed E-state index contributed by atoms with van der Waals surface area (Å²) in [7, 11) is 0. The first-order valence-corrected chi connectivity index (χ1v) is 5.86. The zero-order chi connectivity index (χ0) is 14.7. The summed E-state index contributed by atoms with van der Waals surface area (Å²) in [6.45, 7) is 0. The number of halogens is 2. The Bertz CT molecular complexity index is 691. The van der Waals surface area contributed by atoms with Gasteiger partial charge in [-0.05, 0) is 24.3 Å². The smallest absolute Gasteiger partial charge is 0.282 e. The molecule has 1 amide bonds. The van der Waals surface area contributed by atoms with Crippen LogP contribution in [0.3, 0.4) is 0 Å². The van der Waals surface area contributed by atoms with Crippen molar-refractivity contribution in [3.63, 3.8) is 0 Å². The number of hydrogen-bond acceptors (Lipinski definition) is 3. The molecule has 0 atom stereocenters. The van der Waals surface area contributed by atoms with Crippen LogP contribution in [0, 0.1) is 15.9 Å². The van der Waals surface area contributed by atoms with E-state index < -0.39 is 16.6 Å². The average Bonchev–Trinajstić information content (AvgIpc) is 2.43. The number of nitrogens with one attached hydrogen (secondary N) is 1. The predicted molar refractivity (Wildman–Crippen MR) is 72.5 cm³/mol. The van der Waals surface area contributed by atoms with Gasteiger partial charge in [0.05, 0.1) is 9.95 Å². The zero-order valence-electron chi connectivity index (χ0n) is 9.97. The lowest BCUT2D eigenvalue weighted by Gasteiger charge is -2.06. The molecule has 0 saturated carbocycles. The van der Waals surface area contributed by atoms with Crippen LogP contribution in [-0.2, 0) is 0 Å². The summed E-state index contributed by atoms with van der Waals surface area (Å²) >= 11 is 5.52. The van der Waals surface area contributed by atoms with Crippen molar-refractivity contribution in [1.82, 2.24) is 0 Å². The van der Waals surface area contributed by atoms with Crippen LogP contribution >= 0.6 is 11.6 Å². The molecule has 0 bridgehead atoms. The zero-order valence-corrected chi connectivity index (χ0v) is 10.7. The fourth-order valence-electron chi connectivity index (χ4n) is 1.60. The van der Waals surface area contributed by atoms with E-state index in [4.69, 9.17) is 11.6 Å². The van der Waals surface area contributed by atoms with E-state index in [1.165, 1.54) is 36.4 Å². The van der Waals surface area contributed by atoms with Crippen LogP contribution in [0.2, 0.25) is 5.02 Å². The SMILES string of the molecule is O=C(Nc1ccc(Cl)c(F)c1)c1ccccc1[N+](=O)[O-]. The summed E-state index contributed by atoms with van der Waals surface area (Å²) in [5, 5.41) is 13.1. The molecule has 2 aromatic rings. The Labute approximate surface area is 118 Å². The number of carbonyl (C=O) groups excluding carboxylic acids is 1. The number of anilines is 1. The molecule has 0 heterocycles. The van der Waals surface area contributed by atoms with Gasteiger partial charge in [-0.1, -0.05) is 23.7 Å². The fourth-order valence-corrected chi connectivity index (χ4v) is 1.71. The van der Waals surface area contributed by atoms with E-state index >= 15 is 0 Å². The lowest BCUT2D eigenvalue weighted by atomic mass is 10.1. The number of para-hydroxylation sites is 1. The molecular formula is C13H8ClFN2O3. The minimum absolute atomic E-state index is 0.0753. The van der Waals surface area contributed by atoms with Crippen molar-refractivity contribution in [2.75, 3.05) is 5.32 Å². The van der Waals surface area contributed by atoms with Crippen molar-refractivity contribution in [1.29, 1.82) is 0 Å². The highest BCUT2D eigenvalue weighted by Crippen LogP contribution is 2.22. The maximum atomic E-state index is 13.2. The topological polar surface area (TPSA) is 72.2 Å². The number of nitrogens with zero attached hydrogens (tertiary/aromatic N) is 1. The molecule has 0 saturated heterocycles. The molecule has 0 aliphatic heterocycles. The van der Waals surface area contributed by atoms with Gasteiger partial charge in [0.1, 0.15) is 11.4 Å². The Morgan fingerprint density at radius 3 is 2.60 bits per heavy atom. The number of nitro groups is 1. The average molecular weight is 295 g/mol. The molecule has 2 rings (SSSR count). The van der Waals surface area contributed by atoms with Crippen molar-refractivity contribution in [2.24, 2.45) is 0 Å². The van der Waals surface area contributed by atoms with Gasteiger partial charge in [0.2, 0.25) is 0 Å². The van der Waals surface area contributed by atoms with Gasteiger partial charge in [0.15, 0.2) is 0 Å². The van der Waals surface area contributed by atoms with E-state index in [9.17, 15) is 19.3 Å². The van der Waals surface area contributed by atoms with E-state index in [2.05, 4.69) is 5.32 Å². The van der Waals surface area contributed by atoms with E-state index in [0.29, 0.717) is 0 Å². The van der Waals surface area contributed by atoms with Gasteiger partial charge < -0.3 is 5.32 Å². The number of amides is 1. The van der Waals surface area contributed by atoms with Crippen molar-refractivity contribution < 1.29 is 14.1 Å². The fraction of sp³-hybridized carbons (Fsp3) is 0. The first-order valence-electron chi connectivity index (χ1n) is 5.49. The number of nitro benzene ring substituents is 1. The van der Waals surface area contributed by atoms with Crippen LogP contribution in [0.4, 0.5) is 15.8 Å². The third kappa shape index (κ3) is 2.92. The highest BCUT2D eigenvalue weighted by Gasteiger charge is 2.19. The second kappa shape index (κ2) is 5.66. The summed E-state index contributed by atoms with van der Waals surface area (Å²) in [4.78, 5) is 22.1. The van der Waals surface area contributed by atoms with E-state index in [1.54, 1.807) is 0 Å². The molecule has 0 aliphatic rings. The highest BCUT2D eigenvalue weighted by molar-refractivity contribution is 6.30. The molecule has 0 aliphatic carbocycles. The summed E-state index contributed by atoms with van der Waals surface area (Å²) in [6, 6.07) is 9.22. The molecule has 0 spiro atoms. The minimum Gasteiger partial charge on any atom is -0.322 e. The first-order chi connectivity index (χ1) is 9.49. The second-order valence-corrected chi connectivity index (χ2v) is 4.26. The van der Waals surface area contributed by atoms with Crippen molar-refractivity contribution >= 4 is 28.9 Å². The molecular weight excluding hydrogens is 287 g/mol. The third-order valence-electron chi connectivity index (χ3n) is 2.52. The standard InChI is InChI=1S/C13H8ClFN2O3/c14-10-6-5-8(7-11(10)15)16-13(18)9-3-1-2-4-12(9)17(19)20/h1-7H,(H,16,18). The lowest BCUT2D eigenvalue weighted by molar-refractivity contribution is -0.385. The van der Waals surface area contributed by atoms with Gasteiger partial charge in [0, 0.05) is 11.8 Å². The number of rotatable bonds is 3. The molecule has 1 N–H and O–H groups in total. The Kier molecular flexibility index (Phi) is 3.95. The molecule has 0 fully saturated rings. The van der Waals surface area contributed by atoms with Crippen LogP contribution in [0.25, 0.3) is 0 Å². The van der Waals surface area contributed by atoms with Crippen molar-refractivity contribution in [2.45, 2.75) is 0 Å². The van der Waals surface area contributed by atoms with Crippen LogP contribution in [0.5, 0.6) is 0 Å². The Morgan fingerprint density at radius 1 is 1.25 bits per heavy atom. The summed E-state index contributed by atoms with van der Waals surface area (Å²) in [6.07, 6.45) is 0. The van der Waals surface area contributed by atoms with Gasteiger partial charge in [-0.15, -0.1) is 0 Å². The van der Waals surface area contributed by atoms with Gasteiger partial charge in [0.25, 0.3) is 11.6 Å². The van der Waals surface area contributed by atoms with Gasteiger partial charge in [-0.3, -0.25) is 14.9 Å². The molecule has 0 radical (unpaired) electrons. The predicted octanol–water partition coefficient (Wildman–Crippen LogP) is 3.64. The monoisotopic (exact) mass is 294 g/mol. The molecule has 7 heteroatoms. The number of hydrogen-bond donors (Lipinski definition) is 1. The maximum Gasteiger partial charge on any atom is 0.282 e. The summed E-state index contributed by atoms with van der Waals surface area (Å²) < 4.78 is 13.2. The van der Waals surface area contributed by atoms with E-state index in [-0.39, 0.29) is 22.0 Å². The molecule has 2 aromatic carbocycles. The van der Waals surface area contributed by atoms with Crippen LogP contribution < -0.4 is 5.32 Å². The van der Waals surface area contributed by atoms with Gasteiger partial charge >= 0.3 is 0 Å². The third-order valence-corrected chi connectivity index (χ3v) is 2.83. The van der Waals surface area contributed by atoms with Crippen molar-refractivity contribution in [3.05, 3.63) is 69.0 Å². The van der Waals surface area contributed by atoms with Gasteiger partial charge in [-0.25, -0.2) is 4.39 Å². The number of carbonyl (C=O) groups is 1. The summed E-state index contributed by atoms with van der Waals surface area (Å²) in [5.74, 6) is -1.38. The second-order valence-electron chi connectivity index (χ2n) is 3.86. The molecule has 102 valence electrons. The number of benzene rings is 2. The first kappa shape index (κ1) is 14.0. The minimum atomic E-state index is -0.695. The molecule has 20 heavy (non-hydrogen) atoms.